The van der Waals surface area contributed by atoms with Crippen LogP contribution in [-0.4, -0.2) is 79.5 Å². The number of aromatic nitrogens is 6. The second-order valence-electron chi connectivity index (χ2n) is 10.8. The van der Waals surface area contributed by atoms with Gasteiger partial charge in [-0.05, 0) is 94.7 Å². The maximum Gasteiger partial charge on any atom is 0.248 e. The molecular formula is C30H36N10. The number of nitrogens with one attached hydrogen (secondary N) is 1. The van der Waals surface area contributed by atoms with Crippen molar-refractivity contribution in [2.75, 3.05) is 44.8 Å². The fourth-order valence-corrected chi connectivity index (χ4v) is 5.57. The Balaban J connectivity index is 1.09. The van der Waals surface area contributed by atoms with Gasteiger partial charge in [0.1, 0.15) is 0 Å². The summed E-state index contributed by atoms with van der Waals surface area (Å²) in [7, 11) is 4.34. The van der Waals surface area contributed by atoms with E-state index in [1.54, 1.807) is 6.20 Å². The van der Waals surface area contributed by atoms with Gasteiger partial charge in [-0.1, -0.05) is 30.3 Å². The van der Waals surface area contributed by atoms with E-state index in [2.05, 4.69) is 84.8 Å². The highest BCUT2D eigenvalue weighted by Gasteiger charge is 2.20. The number of nitrogen functional groups attached to an aromatic ring is 1. The second-order valence-corrected chi connectivity index (χ2v) is 10.8. The fourth-order valence-electron chi connectivity index (χ4n) is 5.57. The molecule has 0 saturated carbocycles. The molecule has 0 bridgehead atoms. The molecule has 10 heteroatoms. The number of aryl methyl sites for hydroxylation is 2. The Morgan fingerprint density at radius 1 is 1.05 bits per heavy atom. The molecule has 10 nitrogen and oxygen atoms in total. The molecule has 0 radical (unpaired) electrons. The van der Waals surface area contributed by atoms with Crippen LogP contribution in [0.15, 0.2) is 54.7 Å². The standard InChI is InChI=1S/C30H36N10/c1-38(2)25-14-17-39(18-15-25)16-6-10-23-12-13-24(20-32-23)33-30-34-29(31)40(37-30)27-19-22-9-5-8-21-7-3-4-11-26(21)28(22)36-35-27/h3-4,6-7,10-13,19-20,25H,5,8-9,14-18H2,1-2H3,(H3,31,33,34,37). The van der Waals surface area contributed by atoms with Crippen molar-refractivity contribution in [3.05, 3.63) is 71.6 Å². The van der Waals surface area contributed by atoms with E-state index in [0.717, 1.165) is 67.1 Å². The minimum absolute atomic E-state index is 0.243. The number of pyridine rings is 1. The Bertz CT molecular complexity index is 1480. The van der Waals surface area contributed by atoms with Crippen LogP contribution in [0.25, 0.3) is 23.2 Å². The third kappa shape index (κ3) is 5.73. The van der Waals surface area contributed by atoms with Gasteiger partial charge in [-0.3, -0.25) is 9.88 Å². The summed E-state index contributed by atoms with van der Waals surface area (Å²) in [6.07, 6.45) is 11.5. The van der Waals surface area contributed by atoms with Crippen molar-refractivity contribution in [2.24, 2.45) is 0 Å². The molecule has 3 aromatic heterocycles. The summed E-state index contributed by atoms with van der Waals surface area (Å²) in [4.78, 5) is 13.8. The minimum Gasteiger partial charge on any atom is -0.368 e. The van der Waals surface area contributed by atoms with Gasteiger partial charge in [-0.2, -0.15) is 9.67 Å². The molecule has 2 aliphatic rings. The van der Waals surface area contributed by atoms with Crippen LogP contribution in [-0.2, 0) is 12.8 Å². The number of piperidine rings is 1. The van der Waals surface area contributed by atoms with Crippen molar-refractivity contribution in [2.45, 2.75) is 38.1 Å². The Kier molecular flexibility index (Phi) is 7.52. The molecule has 6 rings (SSSR count). The quantitative estimate of drug-likeness (QED) is 0.362. The molecule has 1 saturated heterocycles. The SMILES string of the molecule is CN(C)C1CCN(CC=Cc2ccc(Nc3nc(N)n(-c4cc5c(nn4)-c4ccccc4CCC5)n3)cn2)CC1. The number of hydrogen-bond acceptors (Lipinski definition) is 9. The van der Waals surface area contributed by atoms with Crippen LogP contribution in [0.4, 0.5) is 17.6 Å². The molecule has 1 aliphatic carbocycles. The molecule has 1 aromatic carbocycles. The molecule has 3 N–H and O–H groups in total. The van der Waals surface area contributed by atoms with Crippen LogP contribution in [0.1, 0.15) is 36.1 Å². The van der Waals surface area contributed by atoms with Crippen LogP contribution in [0.3, 0.4) is 0 Å². The zero-order chi connectivity index (χ0) is 27.5. The van der Waals surface area contributed by atoms with E-state index in [1.807, 2.05) is 24.3 Å². The first-order chi connectivity index (χ1) is 19.5. The zero-order valence-corrected chi connectivity index (χ0v) is 23.2. The summed E-state index contributed by atoms with van der Waals surface area (Å²) in [5.74, 6) is 1.18. The van der Waals surface area contributed by atoms with Gasteiger partial charge in [0.25, 0.3) is 0 Å². The van der Waals surface area contributed by atoms with Crippen molar-refractivity contribution in [3.8, 4) is 17.1 Å². The molecule has 0 atom stereocenters. The monoisotopic (exact) mass is 536 g/mol. The topological polar surface area (TPSA) is 114 Å². The molecule has 0 unspecified atom stereocenters. The normalized spacial score (nSPS) is 16.2. The van der Waals surface area contributed by atoms with E-state index in [-0.39, 0.29) is 5.95 Å². The first kappa shape index (κ1) is 26.1. The Morgan fingerprint density at radius 3 is 2.67 bits per heavy atom. The summed E-state index contributed by atoms with van der Waals surface area (Å²) in [5, 5.41) is 16.8. The molecule has 206 valence electrons. The lowest BCUT2D eigenvalue weighted by Crippen LogP contribution is -2.41. The van der Waals surface area contributed by atoms with Gasteiger partial charge >= 0.3 is 0 Å². The summed E-state index contributed by atoms with van der Waals surface area (Å²) in [6.45, 7) is 3.22. The number of nitrogens with two attached hydrogens (primary N) is 1. The molecule has 1 aliphatic heterocycles. The highest BCUT2D eigenvalue weighted by molar-refractivity contribution is 5.68. The van der Waals surface area contributed by atoms with Gasteiger partial charge in [0, 0.05) is 18.2 Å². The third-order valence-corrected chi connectivity index (χ3v) is 7.86. The fraction of sp³-hybridized carbons (Fsp3) is 0.367. The van der Waals surface area contributed by atoms with Gasteiger partial charge < -0.3 is 16.0 Å². The van der Waals surface area contributed by atoms with Crippen LogP contribution in [0.5, 0.6) is 0 Å². The smallest absolute Gasteiger partial charge is 0.248 e. The molecule has 0 spiro atoms. The average Bonchev–Trinajstić information content (AvgIpc) is 3.23. The van der Waals surface area contributed by atoms with Crippen molar-refractivity contribution >= 4 is 23.7 Å². The summed E-state index contributed by atoms with van der Waals surface area (Å²) in [5.41, 5.74) is 12.5. The van der Waals surface area contributed by atoms with E-state index in [9.17, 15) is 0 Å². The minimum atomic E-state index is 0.243. The van der Waals surface area contributed by atoms with Gasteiger partial charge in [-0.25, -0.2) is 0 Å². The van der Waals surface area contributed by atoms with Crippen molar-refractivity contribution in [3.63, 3.8) is 0 Å². The largest absolute Gasteiger partial charge is 0.368 e. The third-order valence-electron chi connectivity index (χ3n) is 7.86. The number of fused-ring (bicyclic) bond motifs is 3. The maximum absolute atomic E-state index is 6.22. The highest BCUT2D eigenvalue weighted by atomic mass is 15.4. The lowest BCUT2D eigenvalue weighted by Gasteiger charge is -2.34. The van der Waals surface area contributed by atoms with E-state index >= 15 is 0 Å². The maximum atomic E-state index is 6.22. The average molecular weight is 537 g/mol. The molecule has 1 fully saturated rings. The van der Waals surface area contributed by atoms with Crippen molar-refractivity contribution in [1.82, 2.24) is 39.7 Å². The van der Waals surface area contributed by atoms with E-state index in [1.165, 1.54) is 23.1 Å². The second kappa shape index (κ2) is 11.5. The first-order valence-electron chi connectivity index (χ1n) is 14.0. The Hall–Kier alpha value is -4.15. The van der Waals surface area contributed by atoms with Gasteiger partial charge in [0.2, 0.25) is 11.9 Å². The van der Waals surface area contributed by atoms with Gasteiger partial charge in [-0.15, -0.1) is 15.3 Å². The van der Waals surface area contributed by atoms with E-state index in [4.69, 9.17) is 5.73 Å². The lowest BCUT2D eigenvalue weighted by molar-refractivity contribution is 0.155. The first-order valence-corrected chi connectivity index (χ1v) is 14.0. The number of hydrogen-bond donors (Lipinski definition) is 2. The van der Waals surface area contributed by atoms with Crippen LogP contribution >= 0.6 is 0 Å². The van der Waals surface area contributed by atoms with Gasteiger partial charge in [0.05, 0.1) is 23.3 Å². The molecule has 40 heavy (non-hydrogen) atoms. The predicted octanol–water partition coefficient (Wildman–Crippen LogP) is 3.97. The van der Waals surface area contributed by atoms with Crippen LogP contribution in [0, 0.1) is 0 Å². The highest BCUT2D eigenvalue weighted by Crippen LogP contribution is 2.31. The Morgan fingerprint density at radius 2 is 1.88 bits per heavy atom. The number of rotatable bonds is 7. The molecule has 4 aromatic rings. The van der Waals surface area contributed by atoms with Crippen LogP contribution < -0.4 is 11.1 Å². The van der Waals surface area contributed by atoms with Crippen molar-refractivity contribution < 1.29 is 0 Å². The summed E-state index contributed by atoms with van der Waals surface area (Å²) in [6, 6.07) is 15.1. The molecule has 0 amide bonds. The number of benzene rings is 1. The van der Waals surface area contributed by atoms with Gasteiger partial charge in [0.15, 0.2) is 5.82 Å². The van der Waals surface area contributed by atoms with Crippen molar-refractivity contribution in [1.29, 1.82) is 0 Å². The number of nitrogens with zero attached hydrogens (tertiary/aromatic N) is 8. The number of likely N-dealkylation sites (tertiary alicyclic amines) is 1. The van der Waals surface area contributed by atoms with Crippen LogP contribution in [0.2, 0.25) is 0 Å². The lowest BCUT2D eigenvalue weighted by atomic mass is 10.0. The zero-order valence-electron chi connectivity index (χ0n) is 23.2. The van der Waals surface area contributed by atoms with E-state index < -0.39 is 0 Å². The summed E-state index contributed by atoms with van der Waals surface area (Å²) < 4.78 is 1.53. The summed E-state index contributed by atoms with van der Waals surface area (Å²) >= 11 is 0. The Labute approximate surface area is 235 Å². The number of anilines is 3. The predicted molar refractivity (Wildman–Crippen MR) is 159 cm³/mol. The molecule has 4 heterocycles. The van der Waals surface area contributed by atoms with E-state index in [0.29, 0.717) is 17.8 Å². The molecular weight excluding hydrogens is 500 g/mol.